The lowest BCUT2D eigenvalue weighted by Gasteiger charge is -2.11. The Morgan fingerprint density at radius 3 is 2.34 bits per heavy atom. The second-order valence-electron chi connectivity index (χ2n) is 5.73. The monoisotopic (exact) mass is 412 g/mol. The molecule has 0 fully saturated rings. The first-order valence-corrected chi connectivity index (χ1v) is 8.73. The predicted octanol–water partition coefficient (Wildman–Crippen LogP) is 3.49. The van der Waals surface area contributed by atoms with Crippen LogP contribution in [0, 0.1) is 10.1 Å². The Morgan fingerprint density at radius 2 is 1.72 bits per heavy atom. The molecule has 0 spiro atoms. The second kappa shape index (κ2) is 8.85. The first kappa shape index (κ1) is 19.8. The number of rotatable bonds is 5. The van der Waals surface area contributed by atoms with Gasteiger partial charge >= 0.3 is 5.91 Å². The van der Waals surface area contributed by atoms with E-state index in [0.717, 1.165) is 5.69 Å². The number of anilines is 1. The smallest absolute Gasteiger partial charge is 0.305 e. The number of benzene rings is 2. The third-order valence-corrected chi connectivity index (χ3v) is 4.03. The van der Waals surface area contributed by atoms with Gasteiger partial charge in [0.05, 0.1) is 12.0 Å². The number of nitro groups is 1. The average Bonchev–Trinajstić information content (AvgIpc) is 3.23. The molecule has 0 aliphatic carbocycles. The van der Waals surface area contributed by atoms with E-state index in [1.54, 1.807) is 49.6 Å². The maximum absolute atomic E-state index is 12.2. The lowest BCUT2D eigenvalue weighted by Crippen LogP contribution is -2.43. The Balaban J connectivity index is 1.55. The quantitative estimate of drug-likeness (QED) is 0.331. The molecule has 0 aliphatic rings. The molecule has 2 aromatic carbocycles. The number of nitrogens with one attached hydrogen (secondary N) is 3. The van der Waals surface area contributed by atoms with Crippen LogP contribution in [0.5, 0.6) is 5.75 Å². The van der Waals surface area contributed by atoms with Gasteiger partial charge in [0, 0.05) is 23.4 Å². The summed E-state index contributed by atoms with van der Waals surface area (Å²) in [5.41, 5.74) is 6.31. The summed E-state index contributed by atoms with van der Waals surface area (Å²) in [5.74, 6) is 0.642. The van der Waals surface area contributed by atoms with E-state index in [9.17, 15) is 14.9 Å². The number of methoxy groups -OCH3 is 1. The van der Waals surface area contributed by atoms with Crippen molar-refractivity contribution in [3.63, 3.8) is 0 Å². The summed E-state index contributed by atoms with van der Waals surface area (Å²) in [7, 11) is 1.58. The summed E-state index contributed by atoms with van der Waals surface area (Å²) in [6, 6.07) is 16.0. The van der Waals surface area contributed by atoms with Crippen LogP contribution in [-0.2, 0) is 0 Å². The number of thiocarbonyl (C=S) groups is 1. The van der Waals surface area contributed by atoms with Gasteiger partial charge in [-0.3, -0.25) is 25.8 Å². The Kier molecular flexibility index (Phi) is 6.05. The van der Waals surface area contributed by atoms with Crippen LogP contribution < -0.4 is 20.9 Å². The van der Waals surface area contributed by atoms with Crippen molar-refractivity contribution in [2.24, 2.45) is 0 Å². The van der Waals surface area contributed by atoms with Gasteiger partial charge in [-0.25, -0.2) is 0 Å². The molecule has 1 aromatic heterocycles. The van der Waals surface area contributed by atoms with Gasteiger partial charge < -0.3 is 14.5 Å². The van der Waals surface area contributed by atoms with E-state index >= 15 is 0 Å². The molecule has 10 heteroatoms. The molecule has 3 rings (SSSR count). The van der Waals surface area contributed by atoms with E-state index in [1.165, 1.54) is 18.2 Å². The summed E-state index contributed by atoms with van der Waals surface area (Å²) in [4.78, 5) is 22.4. The number of amides is 1. The topological polar surface area (TPSA) is 119 Å². The van der Waals surface area contributed by atoms with Gasteiger partial charge in [-0.1, -0.05) is 0 Å². The molecule has 0 saturated heterocycles. The molecule has 0 saturated carbocycles. The van der Waals surface area contributed by atoms with Gasteiger partial charge in [0.2, 0.25) is 0 Å². The van der Waals surface area contributed by atoms with Gasteiger partial charge in [0.1, 0.15) is 11.5 Å². The van der Waals surface area contributed by atoms with Gasteiger partial charge in [-0.05, 0) is 60.7 Å². The molecule has 9 nitrogen and oxygen atoms in total. The minimum absolute atomic E-state index is 0.0275. The van der Waals surface area contributed by atoms with Gasteiger partial charge in [-0.15, -0.1) is 0 Å². The van der Waals surface area contributed by atoms with Crippen molar-refractivity contribution < 1.29 is 18.9 Å². The minimum atomic E-state index is -0.531. The molecule has 0 atom stereocenters. The zero-order valence-electron chi connectivity index (χ0n) is 15.2. The number of nitrogens with zero attached hydrogens (tertiary/aromatic N) is 1. The molecule has 0 radical (unpaired) electrons. The molecular weight excluding hydrogens is 396 g/mol. The molecule has 1 amide bonds. The Hall–Kier alpha value is -3.92. The van der Waals surface area contributed by atoms with Crippen molar-refractivity contribution in [2.45, 2.75) is 0 Å². The summed E-state index contributed by atoms with van der Waals surface area (Å²) < 4.78 is 10.6. The van der Waals surface area contributed by atoms with Crippen molar-refractivity contribution in [3.8, 4) is 17.1 Å². The van der Waals surface area contributed by atoms with E-state index in [1.807, 2.05) is 0 Å². The summed E-state index contributed by atoms with van der Waals surface area (Å²) >= 11 is 5.13. The largest absolute Gasteiger partial charge is 0.497 e. The van der Waals surface area contributed by atoms with Crippen LogP contribution >= 0.6 is 12.2 Å². The van der Waals surface area contributed by atoms with Crippen molar-refractivity contribution in [2.75, 3.05) is 12.4 Å². The fourth-order valence-electron chi connectivity index (χ4n) is 2.37. The Labute approximate surface area is 170 Å². The average molecular weight is 412 g/mol. The molecule has 148 valence electrons. The summed E-state index contributed by atoms with van der Waals surface area (Å²) in [6.07, 6.45) is 0. The second-order valence-corrected chi connectivity index (χ2v) is 6.14. The van der Waals surface area contributed by atoms with E-state index in [2.05, 4.69) is 16.2 Å². The fourth-order valence-corrected chi connectivity index (χ4v) is 2.54. The highest BCUT2D eigenvalue weighted by Crippen LogP contribution is 2.24. The number of carbonyl (C=O) groups is 1. The van der Waals surface area contributed by atoms with E-state index in [0.29, 0.717) is 17.1 Å². The van der Waals surface area contributed by atoms with Crippen LogP contribution in [0.3, 0.4) is 0 Å². The van der Waals surface area contributed by atoms with E-state index in [4.69, 9.17) is 21.4 Å². The Bertz CT molecular complexity index is 1030. The highest BCUT2D eigenvalue weighted by atomic mass is 32.1. The van der Waals surface area contributed by atoms with Crippen LogP contribution in [0.25, 0.3) is 11.3 Å². The van der Waals surface area contributed by atoms with Gasteiger partial charge in [-0.2, -0.15) is 0 Å². The first-order valence-electron chi connectivity index (χ1n) is 8.32. The summed E-state index contributed by atoms with van der Waals surface area (Å²) in [5, 5.41) is 13.8. The molecule has 3 N–H and O–H groups in total. The lowest BCUT2D eigenvalue weighted by atomic mass is 10.1. The number of hydrogen-bond donors (Lipinski definition) is 3. The van der Waals surface area contributed by atoms with Crippen LogP contribution in [-0.4, -0.2) is 23.1 Å². The van der Waals surface area contributed by atoms with Crippen molar-refractivity contribution in [3.05, 3.63) is 76.5 Å². The summed E-state index contributed by atoms with van der Waals surface area (Å²) in [6.45, 7) is 0. The molecule has 3 aromatic rings. The van der Waals surface area contributed by atoms with Crippen molar-refractivity contribution >= 4 is 34.6 Å². The predicted molar refractivity (Wildman–Crippen MR) is 111 cm³/mol. The Morgan fingerprint density at radius 1 is 1.03 bits per heavy atom. The zero-order valence-corrected chi connectivity index (χ0v) is 16.0. The maximum atomic E-state index is 12.2. The number of non-ortho nitro benzene ring substituents is 1. The SMILES string of the molecule is COc1ccc(NC(=S)NNC(=O)c2ccc(-c3ccc([N+](=O)[O-])cc3)o2)cc1. The molecule has 1 heterocycles. The standard InChI is InChI=1S/C19H16N4O5S/c1-27-15-8-4-13(5-9-15)20-19(29)22-21-18(24)17-11-10-16(28-17)12-2-6-14(7-3-12)23(25)26/h2-11H,1H3,(H,21,24)(H2,20,22,29). The van der Waals surface area contributed by atoms with Gasteiger partial charge in [0.15, 0.2) is 10.9 Å². The van der Waals surface area contributed by atoms with E-state index < -0.39 is 10.8 Å². The van der Waals surface area contributed by atoms with Crippen LogP contribution in [0.15, 0.2) is 65.1 Å². The number of carbonyl (C=O) groups excluding carboxylic acids is 1. The van der Waals surface area contributed by atoms with Crippen LogP contribution in [0.1, 0.15) is 10.6 Å². The van der Waals surface area contributed by atoms with Crippen LogP contribution in [0.2, 0.25) is 0 Å². The third kappa shape index (κ3) is 5.08. The fraction of sp³-hybridized carbons (Fsp3) is 0.0526. The van der Waals surface area contributed by atoms with Crippen molar-refractivity contribution in [1.29, 1.82) is 0 Å². The normalized spacial score (nSPS) is 10.1. The number of hydrazine groups is 1. The number of ether oxygens (including phenoxy) is 1. The lowest BCUT2D eigenvalue weighted by molar-refractivity contribution is -0.384. The maximum Gasteiger partial charge on any atom is 0.305 e. The molecular formula is C19H16N4O5S. The zero-order chi connectivity index (χ0) is 20.8. The van der Waals surface area contributed by atoms with Gasteiger partial charge in [0.25, 0.3) is 5.69 Å². The number of furan rings is 1. The van der Waals surface area contributed by atoms with Crippen LogP contribution in [0.4, 0.5) is 11.4 Å². The number of hydrogen-bond acceptors (Lipinski definition) is 6. The molecule has 0 bridgehead atoms. The third-order valence-electron chi connectivity index (χ3n) is 3.83. The highest BCUT2D eigenvalue weighted by Gasteiger charge is 2.13. The molecule has 29 heavy (non-hydrogen) atoms. The molecule has 0 aliphatic heterocycles. The number of nitro benzene ring substituents is 1. The van der Waals surface area contributed by atoms with Crippen molar-refractivity contribution in [1.82, 2.24) is 10.9 Å². The molecule has 0 unspecified atom stereocenters. The highest BCUT2D eigenvalue weighted by molar-refractivity contribution is 7.80. The minimum Gasteiger partial charge on any atom is -0.497 e. The first-order chi connectivity index (χ1) is 14.0. The van der Waals surface area contributed by atoms with E-state index in [-0.39, 0.29) is 16.6 Å².